The molecule has 33 heavy (non-hydrogen) atoms. The van der Waals surface area contributed by atoms with Crippen LogP contribution in [0.25, 0.3) is 0 Å². The van der Waals surface area contributed by atoms with Crippen LogP contribution >= 0.6 is 0 Å². The first-order valence-electron chi connectivity index (χ1n) is 11.8. The zero-order valence-electron chi connectivity index (χ0n) is 19.1. The van der Waals surface area contributed by atoms with Crippen molar-refractivity contribution in [3.63, 3.8) is 0 Å². The van der Waals surface area contributed by atoms with Crippen LogP contribution < -0.4 is 4.74 Å². The highest BCUT2D eigenvalue weighted by molar-refractivity contribution is 7.89. The lowest BCUT2D eigenvalue weighted by molar-refractivity contribution is -0.136. The standard InChI is InChI=1S/C25H31N3O4S/c1-19-4-7-22(8-5-19)33(30,31)28-11-2-3-23(28)25(29)27-14-12-26(13-15-27)18-20-6-9-24-21(17-20)10-16-32-24/h4-9,17,23H,2-3,10-16,18H2,1H3/t23-/m1/s1. The Hall–Kier alpha value is -2.42. The van der Waals surface area contributed by atoms with Crippen LogP contribution in [-0.2, 0) is 27.8 Å². The predicted octanol–water partition coefficient (Wildman–Crippen LogP) is 2.43. The molecule has 0 aromatic heterocycles. The molecule has 0 spiro atoms. The van der Waals surface area contributed by atoms with E-state index < -0.39 is 16.1 Å². The van der Waals surface area contributed by atoms with Crippen LogP contribution in [0.5, 0.6) is 5.75 Å². The lowest BCUT2D eigenvalue weighted by Crippen LogP contribution is -2.54. The molecule has 3 aliphatic heterocycles. The molecule has 7 nitrogen and oxygen atoms in total. The van der Waals surface area contributed by atoms with Gasteiger partial charge in [0.1, 0.15) is 11.8 Å². The predicted molar refractivity (Wildman–Crippen MR) is 126 cm³/mol. The van der Waals surface area contributed by atoms with Gasteiger partial charge in [-0.2, -0.15) is 4.31 Å². The zero-order chi connectivity index (χ0) is 23.0. The number of piperazine rings is 1. The smallest absolute Gasteiger partial charge is 0.243 e. The van der Waals surface area contributed by atoms with Crippen molar-refractivity contribution in [1.82, 2.24) is 14.1 Å². The molecule has 0 aliphatic carbocycles. The monoisotopic (exact) mass is 469 g/mol. The maximum atomic E-state index is 13.3. The Balaban J connectivity index is 1.21. The van der Waals surface area contributed by atoms with Gasteiger partial charge in [-0.25, -0.2) is 8.42 Å². The van der Waals surface area contributed by atoms with Crippen molar-refractivity contribution in [3.8, 4) is 5.75 Å². The molecule has 0 unspecified atom stereocenters. The number of ether oxygens (including phenoxy) is 1. The van der Waals surface area contributed by atoms with E-state index >= 15 is 0 Å². The van der Waals surface area contributed by atoms with E-state index in [4.69, 9.17) is 4.74 Å². The molecule has 1 atom stereocenters. The molecule has 0 bridgehead atoms. The summed E-state index contributed by atoms with van der Waals surface area (Å²) in [5.41, 5.74) is 3.55. The van der Waals surface area contributed by atoms with E-state index in [9.17, 15) is 13.2 Å². The lowest BCUT2D eigenvalue weighted by atomic mass is 10.1. The number of hydrogen-bond acceptors (Lipinski definition) is 5. The fraction of sp³-hybridized carbons (Fsp3) is 0.480. The maximum absolute atomic E-state index is 13.3. The molecule has 176 valence electrons. The first-order chi connectivity index (χ1) is 15.9. The molecule has 2 aromatic carbocycles. The van der Waals surface area contributed by atoms with Crippen LogP contribution in [0.2, 0.25) is 0 Å². The highest BCUT2D eigenvalue weighted by Gasteiger charge is 2.41. The minimum absolute atomic E-state index is 0.0579. The third-order valence-electron chi connectivity index (χ3n) is 6.96. The molecule has 1 amide bonds. The Morgan fingerprint density at radius 2 is 1.79 bits per heavy atom. The van der Waals surface area contributed by atoms with Gasteiger partial charge in [0.15, 0.2) is 0 Å². The number of amides is 1. The molecule has 0 N–H and O–H groups in total. The number of aryl methyl sites for hydroxylation is 1. The third kappa shape index (κ3) is 4.52. The van der Waals surface area contributed by atoms with Crippen LogP contribution in [0, 0.1) is 6.92 Å². The molecule has 2 aromatic rings. The van der Waals surface area contributed by atoms with Crippen molar-refractivity contribution in [2.75, 3.05) is 39.3 Å². The SMILES string of the molecule is Cc1ccc(S(=O)(=O)N2CCC[C@@H]2C(=O)N2CCN(Cc3ccc4c(c3)CCO4)CC2)cc1. The van der Waals surface area contributed by atoms with Crippen molar-refractivity contribution >= 4 is 15.9 Å². The van der Waals surface area contributed by atoms with E-state index in [2.05, 4.69) is 23.1 Å². The van der Waals surface area contributed by atoms with Gasteiger partial charge in [0.05, 0.1) is 11.5 Å². The minimum Gasteiger partial charge on any atom is -0.493 e. The van der Waals surface area contributed by atoms with Crippen molar-refractivity contribution in [1.29, 1.82) is 0 Å². The molecule has 2 saturated heterocycles. The van der Waals surface area contributed by atoms with Crippen molar-refractivity contribution in [2.45, 2.75) is 43.7 Å². The molecular weight excluding hydrogens is 438 g/mol. The summed E-state index contributed by atoms with van der Waals surface area (Å²) >= 11 is 0. The number of sulfonamides is 1. The summed E-state index contributed by atoms with van der Waals surface area (Å²) in [4.78, 5) is 17.8. The van der Waals surface area contributed by atoms with Gasteiger partial charge in [0, 0.05) is 45.7 Å². The molecule has 5 rings (SSSR count). The summed E-state index contributed by atoms with van der Waals surface area (Å²) in [7, 11) is -3.68. The second kappa shape index (κ2) is 9.08. The number of hydrogen-bond donors (Lipinski definition) is 0. The second-order valence-electron chi connectivity index (χ2n) is 9.23. The van der Waals surface area contributed by atoms with Gasteiger partial charge in [-0.15, -0.1) is 0 Å². The van der Waals surface area contributed by atoms with Gasteiger partial charge >= 0.3 is 0 Å². The topological polar surface area (TPSA) is 70.2 Å². The van der Waals surface area contributed by atoms with Crippen LogP contribution in [0.3, 0.4) is 0 Å². The molecule has 2 fully saturated rings. The van der Waals surface area contributed by atoms with E-state index in [1.54, 1.807) is 24.3 Å². The Morgan fingerprint density at radius 1 is 1.03 bits per heavy atom. The van der Waals surface area contributed by atoms with Crippen molar-refractivity contribution in [3.05, 3.63) is 59.2 Å². The number of carbonyl (C=O) groups is 1. The molecule has 3 heterocycles. The number of fused-ring (bicyclic) bond motifs is 1. The first-order valence-corrected chi connectivity index (χ1v) is 13.2. The van der Waals surface area contributed by atoms with Gasteiger partial charge in [-0.3, -0.25) is 9.69 Å². The fourth-order valence-electron chi connectivity index (χ4n) is 5.05. The number of carbonyl (C=O) groups excluding carboxylic acids is 1. The van der Waals surface area contributed by atoms with E-state index in [0.29, 0.717) is 32.5 Å². The van der Waals surface area contributed by atoms with Gasteiger partial charge in [-0.05, 0) is 49.1 Å². The average molecular weight is 470 g/mol. The average Bonchev–Trinajstić information content (AvgIpc) is 3.49. The number of rotatable bonds is 5. The van der Waals surface area contributed by atoms with E-state index in [0.717, 1.165) is 44.0 Å². The van der Waals surface area contributed by atoms with Crippen molar-refractivity contribution < 1.29 is 17.9 Å². The largest absolute Gasteiger partial charge is 0.493 e. The molecule has 0 radical (unpaired) electrons. The quantitative estimate of drug-likeness (QED) is 0.673. The molecular formula is C25H31N3O4S. The Bertz CT molecular complexity index is 1120. The zero-order valence-corrected chi connectivity index (χ0v) is 19.9. The summed E-state index contributed by atoms with van der Waals surface area (Å²) in [6.45, 7) is 6.77. The van der Waals surface area contributed by atoms with Gasteiger partial charge in [0.25, 0.3) is 0 Å². The van der Waals surface area contributed by atoms with Crippen LogP contribution in [0.15, 0.2) is 47.4 Å². The molecule has 8 heteroatoms. The summed E-state index contributed by atoms with van der Waals surface area (Å²) in [6, 6.07) is 12.7. The normalized spacial score (nSPS) is 21.7. The maximum Gasteiger partial charge on any atom is 0.243 e. The highest BCUT2D eigenvalue weighted by Crippen LogP contribution is 2.29. The summed E-state index contributed by atoms with van der Waals surface area (Å²) in [6.07, 6.45) is 2.26. The number of benzene rings is 2. The van der Waals surface area contributed by atoms with Gasteiger partial charge < -0.3 is 9.64 Å². The third-order valence-corrected chi connectivity index (χ3v) is 8.88. The Kier molecular flexibility index (Phi) is 6.16. The minimum atomic E-state index is -3.68. The van der Waals surface area contributed by atoms with Crippen molar-refractivity contribution in [2.24, 2.45) is 0 Å². The highest BCUT2D eigenvalue weighted by atomic mass is 32.2. The van der Waals surface area contributed by atoms with Crippen LogP contribution in [0.1, 0.15) is 29.5 Å². The summed E-state index contributed by atoms with van der Waals surface area (Å²) < 4.78 is 33.4. The molecule has 0 saturated carbocycles. The van der Waals surface area contributed by atoms with E-state index in [1.807, 2.05) is 11.8 Å². The number of nitrogens with zero attached hydrogens (tertiary/aromatic N) is 3. The first kappa shape index (κ1) is 22.4. The second-order valence-corrected chi connectivity index (χ2v) is 11.1. The van der Waals surface area contributed by atoms with Gasteiger partial charge in [0.2, 0.25) is 15.9 Å². The van der Waals surface area contributed by atoms with E-state index in [-0.39, 0.29) is 10.8 Å². The summed E-state index contributed by atoms with van der Waals surface area (Å²) in [5.74, 6) is 0.938. The fourth-order valence-corrected chi connectivity index (χ4v) is 6.70. The lowest BCUT2D eigenvalue weighted by Gasteiger charge is -2.37. The van der Waals surface area contributed by atoms with Crippen LogP contribution in [0.4, 0.5) is 0 Å². The summed E-state index contributed by atoms with van der Waals surface area (Å²) in [5, 5.41) is 0. The Morgan fingerprint density at radius 3 is 2.55 bits per heavy atom. The van der Waals surface area contributed by atoms with E-state index in [1.165, 1.54) is 15.4 Å². The Labute approximate surface area is 196 Å². The van der Waals surface area contributed by atoms with Gasteiger partial charge in [-0.1, -0.05) is 29.8 Å². The van der Waals surface area contributed by atoms with Crippen LogP contribution in [-0.4, -0.2) is 73.8 Å². The molecule has 3 aliphatic rings.